The quantitative estimate of drug-likeness (QED) is 0.406. The molecule has 5 nitrogen and oxygen atoms in total. The van der Waals surface area contributed by atoms with E-state index in [0.717, 1.165) is 36.5 Å². The van der Waals surface area contributed by atoms with E-state index in [1.54, 1.807) is 44.3 Å². The predicted molar refractivity (Wildman–Crippen MR) is 130 cm³/mol. The third-order valence-electron chi connectivity index (χ3n) is 5.93. The third kappa shape index (κ3) is 6.17. The van der Waals surface area contributed by atoms with E-state index in [-0.39, 0.29) is 0 Å². The Morgan fingerprint density at radius 2 is 1.78 bits per heavy atom. The van der Waals surface area contributed by atoms with Crippen molar-refractivity contribution in [2.45, 2.75) is 57.4 Å². The van der Waals surface area contributed by atoms with E-state index in [2.05, 4.69) is 6.92 Å². The first-order valence-corrected chi connectivity index (χ1v) is 12.1. The van der Waals surface area contributed by atoms with Crippen LogP contribution in [-0.2, 0) is 14.8 Å². The molecule has 0 bridgehead atoms. The van der Waals surface area contributed by atoms with Crippen LogP contribution in [0.3, 0.4) is 0 Å². The van der Waals surface area contributed by atoms with Gasteiger partial charge in [-0.05, 0) is 70.2 Å². The molecule has 1 aromatic carbocycles. The van der Waals surface area contributed by atoms with Crippen LogP contribution in [0.2, 0.25) is 0 Å². The first-order chi connectivity index (χ1) is 15.0. The number of hydrogen-bond donors (Lipinski definition) is 1. The van der Waals surface area contributed by atoms with Crippen molar-refractivity contribution in [3.8, 4) is 0 Å². The zero-order valence-electron chi connectivity index (χ0n) is 19.5. The van der Waals surface area contributed by atoms with Gasteiger partial charge in [0.1, 0.15) is 0 Å². The standard InChI is InChI=1S/C26H33NO4S/c1-20(11-9-12-21(2)19-25(28)29)16-17-24-22(3)13-10-18-26(24,4)27(5)32(30,31)23-14-7-6-8-15-23/h6-9,11-12,14-17,19H,10,13,18H2,1-5H3,(H,28,29)/b12-9+,17-16+,20-11+,21-19+/t26-/m1/s1. The van der Waals surface area contributed by atoms with Crippen LogP contribution in [0.4, 0.5) is 0 Å². The molecule has 1 aromatic rings. The maximum Gasteiger partial charge on any atom is 0.328 e. The van der Waals surface area contributed by atoms with Gasteiger partial charge in [-0.15, -0.1) is 0 Å². The number of rotatable bonds is 8. The second-order valence-corrected chi connectivity index (χ2v) is 10.4. The summed E-state index contributed by atoms with van der Waals surface area (Å²) in [4.78, 5) is 11.0. The molecule has 0 amide bonds. The van der Waals surface area contributed by atoms with Crippen molar-refractivity contribution in [2.75, 3.05) is 7.05 Å². The number of allylic oxidation sites excluding steroid dienone is 7. The van der Waals surface area contributed by atoms with Crippen molar-refractivity contribution in [3.05, 3.63) is 89.1 Å². The fourth-order valence-electron chi connectivity index (χ4n) is 3.96. The summed E-state index contributed by atoms with van der Waals surface area (Å²) in [6.07, 6.45) is 13.2. The van der Waals surface area contributed by atoms with Gasteiger partial charge in [-0.25, -0.2) is 13.2 Å². The van der Waals surface area contributed by atoms with Gasteiger partial charge in [-0.1, -0.05) is 59.7 Å². The Kier molecular flexibility index (Phi) is 8.58. The highest BCUT2D eigenvalue weighted by atomic mass is 32.2. The number of carboxylic acid groups (broad SMARTS) is 1. The van der Waals surface area contributed by atoms with Gasteiger partial charge < -0.3 is 5.11 Å². The Morgan fingerprint density at radius 1 is 1.12 bits per heavy atom. The Balaban J connectivity index is 2.33. The zero-order valence-corrected chi connectivity index (χ0v) is 20.3. The number of aliphatic carboxylic acids is 1. The molecule has 0 saturated heterocycles. The molecule has 6 heteroatoms. The molecule has 2 rings (SSSR count). The molecule has 32 heavy (non-hydrogen) atoms. The molecule has 0 aromatic heterocycles. The lowest BCUT2D eigenvalue weighted by molar-refractivity contribution is -0.131. The van der Waals surface area contributed by atoms with Gasteiger partial charge in [-0.2, -0.15) is 4.31 Å². The largest absolute Gasteiger partial charge is 0.478 e. The second kappa shape index (κ2) is 10.7. The minimum Gasteiger partial charge on any atom is -0.478 e. The van der Waals surface area contributed by atoms with Crippen molar-refractivity contribution in [1.82, 2.24) is 4.31 Å². The predicted octanol–water partition coefficient (Wildman–Crippen LogP) is 5.66. The van der Waals surface area contributed by atoms with Crippen LogP contribution in [0.5, 0.6) is 0 Å². The average Bonchev–Trinajstić information content (AvgIpc) is 2.73. The van der Waals surface area contributed by atoms with Crippen molar-refractivity contribution < 1.29 is 18.3 Å². The summed E-state index contributed by atoms with van der Waals surface area (Å²) in [5, 5.41) is 8.78. The van der Waals surface area contributed by atoms with Gasteiger partial charge in [0.25, 0.3) is 0 Å². The van der Waals surface area contributed by atoms with Gasteiger partial charge in [0.2, 0.25) is 10.0 Å². The van der Waals surface area contributed by atoms with Crippen molar-refractivity contribution in [2.24, 2.45) is 0 Å². The highest BCUT2D eigenvalue weighted by Crippen LogP contribution is 2.40. The molecule has 0 spiro atoms. The maximum absolute atomic E-state index is 13.3. The monoisotopic (exact) mass is 455 g/mol. The fraction of sp³-hybridized carbons (Fsp3) is 0.346. The molecule has 1 atom stereocenters. The van der Waals surface area contributed by atoms with Gasteiger partial charge in [-0.3, -0.25) is 0 Å². The Bertz CT molecular complexity index is 1090. The Labute approximate surface area is 192 Å². The van der Waals surface area contributed by atoms with E-state index in [0.29, 0.717) is 10.5 Å². The van der Waals surface area contributed by atoms with Crippen LogP contribution in [0, 0.1) is 0 Å². The molecular weight excluding hydrogens is 422 g/mol. The zero-order chi connectivity index (χ0) is 23.9. The number of sulfonamides is 1. The topological polar surface area (TPSA) is 74.7 Å². The molecule has 0 unspecified atom stereocenters. The number of carboxylic acids is 1. The Hall–Kier alpha value is -2.70. The fourth-order valence-corrected chi connectivity index (χ4v) is 5.49. The van der Waals surface area contributed by atoms with E-state index in [1.165, 1.54) is 9.88 Å². The van der Waals surface area contributed by atoms with Crippen molar-refractivity contribution in [3.63, 3.8) is 0 Å². The molecule has 0 heterocycles. The lowest BCUT2D eigenvalue weighted by Crippen LogP contribution is -2.49. The third-order valence-corrected chi connectivity index (χ3v) is 7.93. The molecule has 1 aliphatic carbocycles. The highest BCUT2D eigenvalue weighted by Gasteiger charge is 2.41. The number of nitrogens with zero attached hydrogens (tertiary/aromatic N) is 1. The summed E-state index contributed by atoms with van der Waals surface area (Å²) in [6.45, 7) is 7.75. The first kappa shape index (κ1) is 25.6. The van der Waals surface area contributed by atoms with E-state index in [1.807, 2.05) is 44.2 Å². The van der Waals surface area contributed by atoms with Crippen molar-refractivity contribution in [1.29, 1.82) is 0 Å². The van der Waals surface area contributed by atoms with Gasteiger partial charge >= 0.3 is 5.97 Å². The van der Waals surface area contributed by atoms with E-state index in [9.17, 15) is 13.2 Å². The minimum absolute atomic E-state index is 0.293. The lowest BCUT2D eigenvalue weighted by Gasteiger charge is -2.43. The van der Waals surface area contributed by atoms with Gasteiger partial charge in [0.15, 0.2) is 0 Å². The highest BCUT2D eigenvalue weighted by molar-refractivity contribution is 7.89. The molecular formula is C26H33NO4S. The second-order valence-electron chi connectivity index (χ2n) is 8.44. The smallest absolute Gasteiger partial charge is 0.328 e. The summed E-state index contributed by atoms with van der Waals surface area (Å²) in [7, 11) is -1.98. The van der Waals surface area contributed by atoms with Crippen molar-refractivity contribution >= 4 is 16.0 Å². The molecule has 0 radical (unpaired) electrons. The average molecular weight is 456 g/mol. The number of carbonyl (C=O) groups is 1. The summed E-state index contributed by atoms with van der Waals surface area (Å²) in [5.74, 6) is -0.971. The van der Waals surface area contributed by atoms with E-state index in [4.69, 9.17) is 5.11 Å². The minimum atomic E-state index is -3.64. The van der Waals surface area contributed by atoms with Gasteiger partial charge in [0, 0.05) is 13.1 Å². The number of likely N-dealkylation sites (N-methyl/N-ethyl adjacent to an activating group) is 1. The SMILES string of the molecule is CC1=C(/C=C/C(C)=C/C=C/C(C)=C/C(=O)O)[C@](C)(N(C)S(=O)(=O)c2ccccc2)CCC1. The summed E-state index contributed by atoms with van der Waals surface area (Å²) >= 11 is 0. The normalized spacial score (nSPS) is 21.2. The molecule has 0 aliphatic heterocycles. The van der Waals surface area contributed by atoms with Crippen LogP contribution in [0.1, 0.15) is 47.0 Å². The van der Waals surface area contributed by atoms with Gasteiger partial charge in [0.05, 0.1) is 10.4 Å². The summed E-state index contributed by atoms with van der Waals surface area (Å²) in [6, 6.07) is 8.54. The summed E-state index contributed by atoms with van der Waals surface area (Å²) < 4.78 is 28.2. The first-order valence-electron chi connectivity index (χ1n) is 10.7. The van der Waals surface area contributed by atoms with Crippen LogP contribution >= 0.6 is 0 Å². The van der Waals surface area contributed by atoms with Crippen LogP contribution in [0.25, 0.3) is 0 Å². The molecule has 0 saturated carbocycles. The molecule has 1 N–H and O–H groups in total. The molecule has 172 valence electrons. The maximum atomic E-state index is 13.3. The van der Waals surface area contributed by atoms with Crippen LogP contribution < -0.4 is 0 Å². The summed E-state index contributed by atoms with van der Waals surface area (Å²) in [5.41, 5.74) is 3.19. The lowest BCUT2D eigenvalue weighted by atomic mass is 9.77. The van der Waals surface area contributed by atoms with E-state index >= 15 is 0 Å². The van der Waals surface area contributed by atoms with Crippen LogP contribution in [0.15, 0.2) is 94.0 Å². The van der Waals surface area contributed by atoms with E-state index < -0.39 is 21.5 Å². The Morgan fingerprint density at radius 3 is 2.41 bits per heavy atom. The number of benzene rings is 1. The molecule has 0 fully saturated rings. The van der Waals surface area contributed by atoms with Crippen LogP contribution in [-0.4, -0.2) is 36.4 Å². The number of hydrogen-bond acceptors (Lipinski definition) is 3. The molecule has 1 aliphatic rings.